The molecule has 2 aliphatic rings. The molecule has 0 bridgehead atoms. The zero-order valence-electron chi connectivity index (χ0n) is 14.6. The van der Waals surface area contributed by atoms with Crippen molar-refractivity contribution in [3.05, 3.63) is 48.0 Å². The molecule has 2 aromatic carbocycles. The maximum atomic E-state index is 12.4. The van der Waals surface area contributed by atoms with Crippen molar-refractivity contribution in [2.45, 2.75) is 30.2 Å². The number of hydrogen-bond donors (Lipinski definition) is 2. The standard InChI is InChI=1S/C19H20N2O5S/c22-19(11-13-4-7-17-18(10-13)26-9-8-25-17)20-15-2-1-3-16(12-15)27(23,24)21-14-5-6-14/h1-4,7,10,12,14,21H,5-6,8-9,11H2,(H,20,22). The number of anilines is 1. The highest BCUT2D eigenvalue weighted by atomic mass is 32.2. The van der Waals surface area contributed by atoms with Crippen LogP contribution in [0.15, 0.2) is 47.4 Å². The van der Waals surface area contributed by atoms with Gasteiger partial charge in [-0.1, -0.05) is 12.1 Å². The van der Waals surface area contributed by atoms with Gasteiger partial charge in [0.25, 0.3) is 0 Å². The Morgan fingerprint density at radius 3 is 2.59 bits per heavy atom. The zero-order valence-corrected chi connectivity index (χ0v) is 15.4. The maximum Gasteiger partial charge on any atom is 0.240 e. The summed E-state index contributed by atoms with van der Waals surface area (Å²) in [6.45, 7) is 1.00. The van der Waals surface area contributed by atoms with Crippen LogP contribution in [0.4, 0.5) is 5.69 Å². The minimum Gasteiger partial charge on any atom is -0.486 e. The van der Waals surface area contributed by atoms with Gasteiger partial charge in [0.05, 0.1) is 11.3 Å². The van der Waals surface area contributed by atoms with Gasteiger partial charge in [0.15, 0.2) is 11.5 Å². The predicted molar refractivity (Wildman–Crippen MR) is 99.6 cm³/mol. The van der Waals surface area contributed by atoms with Crippen molar-refractivity contribution in [3.8, 4) is 11.5 Å². The van der Waals surface area contributed by atoms with E-state index in [1.165, 1.54) is 12.1 Å². The number of carbonyl (C=O) groups is 1. The van der Waals surface area contributed by atoms with Gasteiger partial charge in [-0.25, -0.2) is 13.1 Å². The molecule has 0 aromatic heterocycles. The fourth-order valence-electron chi connectivity index (χ4n) is 2.82. The average molecular weight is 388 g/mol. The van der Waals surface area contributed by atoms with Gasteiger partial charge in [0.1, 0.15) is 13.2 Å². The third kappa shape index (κ3) is 4.40. The van der Waals surface area contributed by atoms with E-state index in [9.17, 15) is 13.2 Å². The van der Waals surface area contributed by atoms with Crippen LogP contribution >= 0.6 is 0 Å². The van der Waals surface area contributed by atoms with Gasteiger partial charge < -0.3 is 14.8 Å². The molecule has 0 spiro atoms. The summed E-state index contributed by atoms with van der Waals surface area (Å²) in [6, 6.07) is 11.7. The summed E-state index contributed by atoms with van der Waals surface area (Å²) in [5.74, 6) is 1.06. The molecule has 0 unspecified atom stereocenters. The van der Waals surface area contributed by atoms with Crippen LogP contribution in [-0.4, -0.2) is 33.6 Å². The number of ether oxygens (including phenoxy) is 2. The summed E-state index contributed by atoms with van der Waals surface area (Å²) in [4.78, 5) is 12.5. The Bertz CT molecular complexity index is 970. The largest absolute Gasteiger partial charge is 0.486 e. The quantitative estimate of drug-likeness (QED) is 0.790. The Morgan fingerprint density at radius 1 is 1.04 bits per heavy atom. The van der Waals surface area contributed by atoms with E-state index in [4.69, 9.17) is 9.47 Å². The van der Waals surface area contributed by atoms with E-state index in [-0.39, 0.29) is 23.3 Å². The number of amides is 1. The van der Waals surface area contributed by atoms with Gasteiger partial charge >= 0.3 is 0 Å². The Morgan fingerprint density at radius 2 is 1.81 bits per heavy atom. The van der Waals surface area contributed by atoms with Crippen LogP contribution in [0.2, 0.25) is 0 Å². The van der Waals surface area contributed by atoms with Crippen LogP contribution in [0.5, 0.6) is 11.5 Å². The lowest BCUT2D eigenvalue weighted by Crippen LogP contribution is -2.25. The molecule has 0 atom stereocenters. The summed E-state index contributed by atoms with van der Waals surface area (Å²) in [5, 5.41) is 2.75. The molecule has 1 aliphatic carbocycles. The maximum absolute atomic E-state index is 12.4. The lowest BCUT2D eigenvalue weighted by Gasteiger charge is -2.18. The predicted octanol–water partition coefficient (Wildman–Crippen LogP) is 2.08. The molecule has 1 fully saturated rings. The number of nitrogens with one attached hydrogen (secondary N) is 2. The molecular formula is C19H20N2O5S. The fourth-order valence-corrected chi connectivity index (χ4v) is 4.17. The molecule has 7 nitrogen and oxygen atoms in total. The highest BCUT2D eigenvalue weighted by molar-refractivity contribution is 7.89. The van der Waals surface area contributed by atoms with Crippen LogP contribution in [0.3, 0.4) is 0 Å². The average Bonchev–Trinajstić information content (AvgIpc) is 3.45. The van der Waals surface area contributed by atoms with E-state index < -0.39 is 10.0 Å². The van der Waals surface area contributed by atoms with Gasteiger partial charge in [0.2, 0.25) is 15.9 Å². The van der Waals surface area contributed by atoms with Crippen LogP contribution in [0.25, 0.3) is 0 Å². The molecule has 142 valence electrons. The van der Waals surface area contributed by atoms with Crippen molar-refractivity contribution in [2.75, 3.05) is 18.5 Å². The van der Waals surface area contributed by atoms with Gasteiger partial charge in [0, 0.05) is 11.7 Å². The molecule has 4 rings (SSSR count). The lowest BCUT2D eigenvalue weighted by molar-refractivity contribution is -0.115. The molecule has 0 saturated heterocycles. The fraction of sp³-hybridized carbons (Fsp3) is 0.316. The third-order valence-corrected chi connectivity index (χ3v) is 5.82. The summed E-state index contributed by atoms with van der Waals surface area (Å²) >= 11 is 0. The monoisotopic (exact) mass is 388 g/mol. The minimum atomic E-state index is -3.56. The number of fused-ring (bicyclic) bond motifs is 1. The number of carbonyl (C=O) groups excluding carboxylic acids is 1. The number of benzene rings is 2. The molecule has 2 N–H and O–H groups in total. The van der Waals surface area contributed by atoms with Crippen molar-refractivity contribution in [1.29, 1.82) is 0 Å². The van der Waals surface area contributed by atoms with E-state index in [0.29, 0.717) is 30.4 Å². The van der Waals surface area contributed by atoms with Crippen molar-refractivity contribution in [2.24, 2.45) is 0 Å². The molecule has 2 aromatic rings. The summed E-state index contributed by atoms with van der Waals surface area (Å²) in [5.41, 5.74) is 1.23. The first kappa shape index (κ1) is 17.8. The molecule has 0 radical (unpaired) electrons. The Labute approximate surface area is 157 Å². The summed E-state index contributed by atoms with van der Waals surface area (Å²) < 4.78 is 38.2. The van der Waals surface area contributed by atoms with Crippen LogP contribution in [-0.2, 0) is 21.2 Å². The smallest absolute Gasteiger partial charge is 0.240 e. The first-order valence-electron chi connectivity index (χ1n) is 8.80. The first-order chi connectivity index (χ1) is 13.0. The van der Waals surface area contributed by atoms with E-state index in [0.717, 1.165) is 18.4 Å². The normalized spacial score (nSPS) is 16.0. The van der Waals surface area contributed by atoms with Crippen molar-refractivity contribution >= 4 is 21.6 Å². The third-order valence-electron chi connectivity index (χ3n) is 4.30. The number of hydrogen-bond acceptors (Lipinski definition) is 5. The first-order valence-corrected chi connectivity index (χ1v) is 10.3. The van der Waals surface area contributed by atoms with E-state index in [1.807, 2.05) is 6.07 Å². The second-order valence-corrected chi connectivity index (χ2v) is 8.34. The minimum absolute atomic E-state index is 0.0310. The van der Waals surface area contributed by atoms with E-state index >= 15 is 0 Å². The highest BCUT2D eigenvalue weighted by Crippen LogP contribution is 2.31. The van der Waals surface area contributed by atoms with Gasteiger partial charge in [-0.05, 0) is 48.7 Å². The second kappa shape index (κ2) is 7.21. The molecule has 1 amide bonds. The molecule has 1 aliphatic heterocycles. The van der Waals surface area contributed by atoms with Gasteiger partial charge in [-0.2, -0.15) is 0 Å². The van der Waals surface area contributed by atoms with Gasteiger partial charge in [-0.3, -0.25) is 4.79 Å². The van der Waals surface area contributed by atoms with Gasteiger partial charge in [-0.15, -0.1) is 0 Å². The SMILES string of the molecule is O=C(Cc1ccc2c(c1)OCCO2)Nc1cccc(S(=O)(=O)NC2CC2)c1. The van der Waals surface area contributed by atoms with Crippen LogP contribution in [0, 0.1) is 0 Å². The zero-order chi connectivity index (χ0) is 18.9. The molecule has 1 saturated carbocycles. The topological polar surface area (TPSA) is 93.7 Å². The molecule has 1 heterocycles. The van der Waals surface area contributed by atoms with Crippen molar-refractivity contribution in [3.63, 3.8) is 0 Å². The number of sulfonamides is 1. The Balaban J connectivity index is 1.43. The summed E-state index contributed by atoms with van der Waals surface area (Å²) in [7, 11) is -3.56. The highest BCUT2D eigenvalue weighted by Gasteiger charge is 2.28. The second-order valence-electron chi connectivity index (χ2n) is 6.63. The van der Waals surface area contributed by atoms with E-state index in [2.05, 4.69) is 10.0 Å². The Hall–Kier alpha value is -2.58. The molecular weight excluding hydrogens is 368 g/mol. The van der Waals surface area contributed by atoms with Crippen molar-refractivity contribution in [1.82, 2.24) is 4.72 Å². The molecule has 8 heteroatoms. The summed E-state index contributed by atoms with van der Waals surface area (Å²) in [6.07, 6.45) is 1.88. The van der Waals surface area contributed by atoms with Crippen LogP contribution < -0.4 is 19.5 Å². The Kier molecular flexibility index (Phi) is 4.75. The van der Waals surface area contributed by atoms with Crippen molar-refractivity contribution < 1.29 is 22.7 Å². The molecule has 27 heavy (non-hydrogen) atoms. The van der Waals surface area contributed by atoms with Crippen LogP contribution in [0.1, 0.15) is 18.4 Å². The number of rotatable bonds is 6. The lowest BCUT2D eigenvalue weighted by atomic mass is 10.1. The van der Waals surface area contributed by atoms with E-state index in [1.54, 1.807) is 24.3 Å².